The lowest BCUT2D eigenvalue weighted by Crippen LogP contribution is -2.34. The second-order valence-corrected chi connectivity index (χ2v) is 5.84. The molecular weight excluding hydrogens is 331 g/mol. The molecule has 1 aromatic carbocycles. The summed E-state index contributed by atoms with van der Waals surface area (Å²) in [7, 11) is 0. The third-order valence-corrected chi connectivity index (χ3v) is 4.14. The average Bonchev–Trinajstić information content (AvgIpc) is 3.02. The Hall–Kier alpha value is -3.10. The third-order valence-electron chi connectivity index (χ3n) is 4.14. The molecule has 0 saturated carbocycles. The molecule has 0 radical (unpaired) electrons. The van der Waals surface area contributed by atoms with Gasteiger partial charge in [-0.25, -0.2) is 4.68 Å². The van der Waals surface area contributed by atoms with Crippen LogP contribution < -0.4 is 10.9 Å². The summed E-state index contributed by atoms with van der Waals surface area (Å²) in [6, 6.07) is 3.62. The number of nitro groups is 1. The summed E-state index contributed by atoms with van der Waals surface area (Å²) in [5.74, 6) is -1.57. The van der Waals surface area contributed by atoms with Gasteiger partial charge < -0.3 is 5.32 Å². The van der Waals surface area contributed by atoms with Gasteiger partial charge in [-0.1, -0.05) is 0 Å². The van der Waals surface area contributed by atoms with Crippen LogP contribution >= 0.6 is 0 Å². The van der Waals surface area contributed by atoms with E-state index in [1.807, 2.05) is 0 Å². The maximum Gasteiger partial charge on any atom is 0.306 e. The predicted molar refractivity (Wildman–Crippen MR) is 86.9 cm³/mol. The van der Waals surface area contributed by atoms with Crippen LogP contribution in [0.2, 0.25) is 0 Å². The first kappa shape index (κ1) is 16.7. The molecule has 8 nitrogen and oxygen atoms in total. The summed E-state index contributed by atoms with van der Waals surface area (Å²) >= 11 is 0. The lowest BCUT2D eigenvalue weighted by molar-refractivity contribution is -0.387. The van der Waals surface area contributed by atoms with Crippen molar-refractivity contribution >= 4 is 17.3 Å². The van der Waals surface area contributed by atoms with Crippen LogP contribution in [0.3, 0.4) is 0 Å². The monoisotopic (exact) mass is 346 g/mol. The Kier molecular flexibility index (Phi) is 4.30. The highest BCUT2D eigenvalue weighted by atomic mass is 19.1. The summed E-state index contributed by atoms with van der Waals surface area (Å²) in [6.07, 6.45) is 2.48. The molecule has 1 aliphatic carbocycles. The number of rotatable bonds is 4. The molecule has 1 N–H and O–H groups in total. The largest absolute Gasteiger partial charge is 0.324 e. The van der Waals surface area contributed by atoms with Crippen LogP contribution in [0.4, 0.5) is 15.8 Å². The summed E-state index contributed by atoms with van der Waals surface area (Å²) in [5.41, 5.74) is 0.658. The normalized spacial score (nSPS) is 14.0. The van der Waals surface area contributed by atoms with Crippen LogP contribution in [0.25, 0.3) is 0 Å². The van der Waals surface area contributed by atoms with Crippen molar-refractivity contribution < 1.29 is 14.1 Å². The smallest absolute Gasteiger partial charge is 0.306 e. The van der Waals surface area contributed by atoms with E-state index in [4.69, 9.17) is 0 Å². The van der Waals surface area contributed by atoms with Crippen molar-refractivity contribution in [1.82, 2.24) is 9.78 Å². The molecule has 1 atom stereocenters. The topological polar surface area (TPSA) is 107 Å². The third kappa shape index (κ3) is 3.25. The van der Waals surface area contributed by atoms with E-state index < -0.39 is 28.4 Å². The Morgan fingerprint density at radius 2 is 2.16 bits per heavy atom. The minimum atomic E-state index is -0.993. The zero-order valence-electron chi connectivity index (χ0n) is 13.4. The number of hydrogen-bond donors (Lipinski definition) is 1. The van der Waals surface area contributed by atoms with Crippen molar-refractivity contribution in [3.05, 3.63) is 61.8 Å². The molecule has 0 saturated heterocycles. The van der Waals surface area contributed by atoms with Gasteiger partial charge in [0.2, 0.25) is 11.7 Å². The van der Waals surface area contributed by atoms with E-state index in [1.165, 1.54) is 19.1 Å². The van der Waals surface area contributed by atoms with Crippen molar-refractivity contribution in [2.45, 2.75) is 32.2 Å². The van der Waals surface area contributed by atoms with Crippen molar-refractivity contribution in [3.63, 3.8) is 0 Å². The zero-order valence-corrected chi connectivity index (χ0v) is 13.4. The summed E-state index contributed by atoms with van der Waals surface area (Å²) in [6.45, 7) is 1.50. The number of halogens is 1. The molecule has 9 heteroatoms. The number of benzene rings is 1. The van der Waals surface area contributed by atoms with Crippen molar-refractivity contribution in [3.8, 4) is 0 Å². The van der Waals surface area contributed by atoms with Gasteiger partial charge in [0.1, 0.15) is 6.04 Å². The standard InChI is InChI=1S/C16H15FN4O4/c1-9(20-15(22)7-10-3-2-4-13(10)19-20)16(23)18-11-5-6-12(17)14(8-11)21(24)25/h5-9H,2-4H2,1H3,(H,18,23). The van der Waals surface area contributed by atoms with Gasteiger partial charge in [0.05, 0.1) is 10.6 Å². The van der Waals surface area contributed by atoms with Gasteiger partial charge in [-0.2, -0.15) is 9.49 Å². The first-order chi connectivity index (χ1) is 11.9. The van der Waals surface area contributed by atoms with Crippen LogP contribution in [0.1, 0.15) is 30.6 Å². The fourth-order valence-corrected chi connectivity index (χ4v) is 2.78. The number of nitro benzene ring substituents is 1. The van der Waals surface area contributed by atoms with Crippen molar-refractivity contribution in [1.29, 1.82) is 0 Å². The van der Waals surface area contributed by atoms with Gasteiger partial charge in [0.25, 0.3) is 5.56 Å². The highest BCUT2D eigenvalue weighted by Crippen LogP contribution is 2.22. The van der Waals surface area contributed by atoms with Gasteiger partial charge >= 0.3 is 5.69 Å². The van der Waals surface area contributed by atoms with Crippen LogP contribution in [-0.2, 0) is 17.6 Å². The van der Waals surface area contributed by atoms with E-state index in [0.29, 0.717) is 0 Å². The molecular formula is C16H15FN4O4. The predicted octanol–water partition coefficient (Wildman–Crippen LogP) is 1.98. The fourth-order valence-electron chi connectivity index (χ4n) is 2.78. The molecule has 130 valence electrons. The van der Waals surface area contributed by atoms with E-state index in [-0.39, 0.29) is 11.2 Å². The number of fused-ring (bicyclic) bond motifs is 1. The molecule has 0 spiro atoms. The Bertz CT molecular complexity index is 925. The minimum Gasteiger partial charge on any atom is -0.324 e. The number of amides is 1. The summed E-state index contributed by atoms with van der Waals surface area (Å²) in [4.78, 5) is 34.4. The molecule has 25 heavy (non-hydrogen) atoms. The van der Waals surface area contributed by atoms with Gasteiger partial charge in [0.15, 0.2) is 0 Å². The molecule has 1 heterocycles. The zero-order chi connectivity index (χ0) is 18.1. The lowest BCUT2D eigenvalue weighted by atomic mass is 10.2. The van der Waals surface area contributed by atoms with Gasteiger partial charge in [-0.15, -0.1) is 0 Å². The number of aryl methyl sites for hydroxylation is 2. The molecule has 0 bridgehead atoms. The van der Waals surface area contributed by atoms with Gasteiger partial charge in [-0.05, 0) is 43.9 Å². The molecule has 2 aromatic rings. The van der Waals surface area contributed by atoms with E-state index in [1.54, 1.807) is 0 Å². The molecule has 1 amide bonds. The fraction of sp³-hybridized carbons (Fsp3) is 0.312. The second-order valence-electron chi connectivity index (χ2n) is 5.84. The molecule has 0 aliphatic heterocycles. The van der Waals surface area contributed by atoms with E-state index >= 15 is 0 Å². The number of nitrogens with zero attached hydrogens (tertiary/aromatic N) is 3. The number of anilines is 1. The first-order valence-electron chi connectivity index (χ1n) is 7.73. The number of carbonyl (C=O) groups is 1. The first-order valence-corrected chi connectivity index (χ1v) is 7.73. The summed E-state index contributed by atoms with van der Waals surface area (Å²) < 4.78 is 14.4. The molecule has 1 aromatic heterocycles. The van der Waals surface area contributed by atoms with Gasteiger partial charge in [0, 0.05) is 17.8 Å². The number of hydrogen-bond acceptors (Lipinski definition) is 5. The maximum atomic E-state index is 13.4. The van der Waals surface area contributed by atoms with Crippen molar-refractivity contribution in [2.75, 3.05) is 5.32 Å². The second kappa shape index (κ2) is 6.42. The van der Waals surface area contributed by atoms with Crippen LogP contribution in [0.15, 0.2) is 29.1 Å². The quantitative estimate of drug-likeness (QED) is 0.673. The Morgan fingerprint density at radius 3 is 2.88 bits per heavy atom. The lowest BCUT2D eigenvalue weighted by Gasteiger charge is -2.15. The highest BCUT2D eigenvalue weighted by Gasteiger charge is 2.22. The molecule has 0 fully saturated rings. The van der Waals surface area contributed by atoms with E-state index in [9.17, 15) is 24.1 Å². The summed E-state index contributed by atoms with van der Waals surface area (Å²) in [5, 5.41) is 17.5. The number of nitrogens with one attached hydrogen (secondary N) is 1. The van der Waals surface area contributed by atoms with Gasteiger partial charge in [-0.3, -0.25) is 19.7 Å². The molecule has 1 unspecified atom stereocenters. The Morgan fingerprint density at radius 1 is 1.40 bits per heavy atom. The number of carbonyl (C=O) groups excluding carboxylic acids is 1. The van der Waals surface area contributed by atoms with E-state index in [2.05, 4.69) is 10.4 Å². The highest BCUT2D eigenvalue weighted by molar-refractivity contribution is 5.93. The Balaban J connectivity index is 1.83. The maximum absolute atomic E-state index is 13.4. The number of aromatic nitrogens is 2. The van der Waals surface area contributed by atoms with Crippen molar-refractivity contribution in [2.24, 2.45) is 0 Å². The average molecular weight is 346 g/mol. The molecule has 3 rings (SSSR count). The Labute approximate surface area is 141 Å². The minimum absolute atomic E-state index is 0.0687. The van der Waals surface area contributed by atoms with Crippen LogP contribution in [0.5, 0.6) is 0 Å². The van der Waals surface area contributed by atoms with E-state index in [0.717, 1.165) is 47.3 Å². The van der Waals surface area contributed by atoms with Crippen LogP contribution in [0, 0.1) is 15.9 Å². The molecule has 1 aliphatic rings. The SMILES string of the molecule is CC(C(=O)Nc1ccc(F)c([N+](=O)[O-])c1)n1nc2c(cc1=O)CCC2. The van der Waals surface area contributed by atoms with Crippen LogP contribution in [-0.4, -0.2) is 20.6 Å².